The van der Waals surface area contributed by atoms with Crippen molar-refractivity contribution >= 4 is 55.3 Å². The molecule has 0 radical (unpaired) electrons. The predicted molar refractivity (Wildman–Crippen MR) is 209 cm³/mol. The summed E-state index contributed by atoms with van der Waals surface area (Å²) < 4.78 is 118. The van der Waals surface area contributed by atoms with Gasteiger partial charge in [0, 0.05) is 49.0 Å². The van der Waals surface area contributed by atoms with E-state index in [2.05, 4.69) is 30.2 Å². The number of hydrogen-bond acceptors (Lipinski definition) is 9. The van der Waals surface area contributed by atoms with E-state index in [4.69, 9.17) is 16.6 Å². The molecule has 0 saturated heterocycles. The quantitative estimate of drug-likeness (QED) is 0.138. The highest BCUT2D eigenvalue weighted by Gasteiger charge is 2.67. The molecule has 1 saturated carbocycles. The number of aryl methyl sites for hydroxylation is 1. The summed E-state index contributed by atoms with van der Waals surface area (Å²) in [4.78, 5) is 42.5. The van der Waals surface area contributed by atoms with Crippen molar-refractivity contribution in [2.45, 2.75) is 43.7 Å². The van der Waals surface area contributed by atoms with E-state index >= 15 is 8.78 Å². The Morgan fingerprint density at radius 1 is 1.05 bits per heavy atom. The van der Waals surface area contributed by atoms with E-state index in [1.165, 1.54) is 36.1 Å². The molecule has 5 heterocycles. The average Bonchev–Trinajstić information content (AvgIpc) is 3.73. The second-order valence-corrected chi connectivity index (χ2v) is 17.0. The number of nitrogens with zero attached hydrogens (tertiary/aromatic N) is 8. The van der Waals surface area contributed by atoms with Crippen LogP contribution in [0.1, 0.15) is 53.1 Å². The lowest BCUT2D eigenvalue weighted by molar-refractivity contribution is -0.123. The van der Waals surface area contributed by atoms with Gasteiger partial charge in [0.1, 0.15) is 35.4 Å². The Kier molecular flexibility index (Phi) is 9.46. The third-order valence-corrected chi connectivity index (χ3v) is 11.5. The maximum Gasteiger partial charge on any atom is 0.293 e. The lowest BCUT2D eigenvalue weighted by Gasteiger charge is -2.24. The van der Waals surface area contributed by atoms with E-state index in [0.717, 1.165) is 23.0 Å². The molecule has 2 aromatic carbocycles. The number of alkyl halides is 4. The van der Waals surface area contributed by atoms with Crippen molar-refractivity contribution in [3.8, 4) is 16.9 Å². The number of hydrogen-bond donors (Lipinski definition) is 2. The minimum Gasteiger partial charge on any atom is -0.344 e. The van der Waals surface area contributed by atoms with Crippen LogP contribution in [0.15, 0.2) is 71.8 Å². The van der Waals surface area contributed by atoms with Gasteiger partial charge in [-0.25, -0.2) is 35.9 Å². The summed E-state index contributed by atoms with van der Waals surface area (Å²) in [5.74, 6) is -9.13. The van der Waals surface area contributed by atoms with Crippen LogP contribution in [0.2, 0.25) is 5.02 Å². The number of amides is 1. The summed E-state index contributed by atoms with van der Waals surface area (Å²) in [5, 5.41) is 10.7. The first-order chi connectivity index (χ1) is 28.9. The zero-order valence-electron chi connectivity index (χ0n) is 31.5. The van der Waals surface area contributed by atoms with Gasteiger partial charge in [0.05, 0.1) is 45.0 Å². The molecule has 2 N–H and O–H groups in total. The highest BCUT2D eigenvalue weighted by molar-refractivity contribution is 7.92. The number of aromatic nitrogens is 8. The number of benzene rings is 2. The Hall–Kier alpha value is -6.35. The molecular weight excluding hydrogens is 854 g/mol. The number of sulfonamides is 1. The highest BCUT2D eigenvalue weighted by atomic mass is 35.5. The molecule has 314 valence electrons. The Morgan fingerprint density at radius 3 is 2.49 bits per heavy atom. The molecule has 2 aliphatic carbocycles. The largest absolute Gasteiger partial charge is 0.344 e. The molecule has 0 unspecified atom stereocenters. The number of anilines is 1. The van der Waals surface area contributed by atoms with Crippen LogP contribution < -0.4 is 15.6 Å². The summed E-state index contributed by atoms with van der Waals surface area (Å²) >= 11 is 6.61. The molecule has 9 rings (SSSR count). The second kappa shape index (κ2) is 14.4. The summed E-state index contributed by atoms with van der Waals surface area (Å²) in [5.41, 5.74) is -1.96. The highest BCUT2D eigenvalue weighted by Crippen LogP contribution is 2.68. The van der Waals surface area contributed by atoms with Crippen LogP contribution in [0.5, 0.6) is 0 Å². The molecule has 61 heavy (non-hydrogen) atoms. The van der Waals surface area contributed by atoms with Crippen molar-refractivity contribution in [3.05, 3.63) is 122 Å². The third kappa shape index (κ3) is 7.03. The van der Waals surface area contributed by atoms with Crippen molar-refractivity contribution in [1.82, 2.24) is 44.4 Å². The third-order valence-electron chi connectivity index (χ3n) is 10.6. The van der Waals surface area contributed by atoms with Gasteiger partial charge in [-0.2, -0.15) is 19.0 Å². The number of nitrogens with one attached hydrogen (secondary N) is 2. The van der Waals surface area contributed by atoms with Crippen molar-refractivity contribution in [3.63, 3.8) is 0 Å². The van der Waals surface area contributed by atoms with Gasteiger partial charge in [-0.1, -0.05) is 11.6 Å². The maximum absolute atomic E-state index is 15.5. The van der Waals surface area contributed by atoms with Crippen molar-refractivity contribution in [2.24, 2.45) is 13.0 Å². The Balaban J connectivity index is 1.26. The van der Waals surface area contributed by atoms with E-state index in [0.29, 0.717) is 22.0 Å². The van der Waals surface area contributed by atoms with Gasteiger partial charge < -0.3 is 5.32 Å². The Morgan fingerprint density at radius 2 is 1.80 bits per heavy atom. The minimum atomic E-state index is -3.91. The fourth-order valence-corrected chi connectivity index (χ4v) is 8.87. The lowest BCUT2D eigenvalue weighted by Crippen LogP contribution is -2.38. The minimum absolute atomic E-state index is 0.00306. The van der Waals surface area contributed by atoms with E-state index in [-0.39, 0.29) is 61.8 Å². The second-order valence-electron chi connectivity index (χ2n) is 14.8. The predicted octanol–water partition coefficient (Wildman–Crippen LogP) is 6.48. The SMILES string of the molecule is Cn1nc(NS(C)(=O)=O)c2c(Cl)ccc(-n3c([C@H](Cc4cc(F)cc(F)c4)NC(=O)Cn4nc(C(F)F)c5c4C(F)(F)[C@@H]4C[C@H]54)nc4nc(-c5cccnc5)ccc4c3=O)c21. The number of pyridine rings is 2. The van der Waals surface area contributed by atoms with Crippen LogP contribution in [-0.4, -0.2) is 59.7 Å². The first kappa shape index (κ1) is 40.1. The molecule has 0 aliphatic heterocycles. The molecule has 14 nitrogen and oxygen atoms in total. The Bertz CT molecular complexity index is 3120. The van der Waals surface area contributed by atoms with Crippen LogP contribution in [0.4, 0.5) is 32.2 Å². The molecule has 7 aromatic rings. The summed E-state index contributed by atoms with van der Waals surface area (Å²) in [7, 11) is -2.47. The fourth-order valence-electron chi connectivity index (χ4n) is 8.14. The van der Waals surface area contributed by atoms with Crippen molar-refractivity contribution in [2.75, 3.05) is 11.0 Å². The molecular formula is C39H29ClF6N10O4S. The molecule has 0 spiro atoms. The van der Waals surface area contributed by atoms with Crippen LogP contribution >= 0.6 is 11.6 Å². The van der Waals surface area contributed by atoms with Crippen LogP contribution in [0.3, 0.4) is 0 Å². The zero-order valence-corrected chi connectivity index (χ0v) is 33.1. The number of carbonyl (C=O) groups excluding carboxylic acids is 1. The number of rotatable bonds is 11. The monoisotopic (exact) mass is 882 g/mol. The zero-order chi connectivity index (χ0) is 43.3. The number of halogens is 7. The number of fused-ring (bicyclic) bond motifs is 5. The van der Waals surface area contributed by atoms with E-state index in [1.807, 2.05) is 0 Å². The van der Waals surface area contributed by atoms with Gasteiger partial charge in [-0.3, -0.25) is 33.2 Å². The maximum atomic E-state index is 15.5. The fraction of sp³-hybridized carbons (Fsp3) is 0.256. The van der Waals surface area contributed by atoms with Crippen molar-refractivity contribution in [1.29, 1.82) is 0 Å². The van der Waals surface area contributed by atoms with Gasteiger partial charge in [0.15, 0.2) is 11.5 Å². The van der Waals surface area contributed by atoms with Gasteiger partial charge >= 0.3 is 0 Å². The Labute approximate surface area is 345 Å². The van der Waals surface area contributed by atoms with E-state index < -0.39 is 87.7 Å². The number of carbonyl (C=O) groups is 1. The van der Waals surface area contributed by atoms with E-state index in [1.54, 1.807) is 24.4 Å². The molecule has 22 heteroatoms. The van der Waals surface area contributed by atoms with Gasteiger partial charge in [0.2, 0.25) is 15.9 Å². The van der Waals surface area contributed by atoms with E-state index in [9.17, 15) is 35.6 Å². The average molecular weight is 883 g/mol. The smallest absolute Gasteiger partial charge is 0.293 e. The summed E-state index contributed by atoms with van der Waals surface area (Å²) in [6, 6.07) is 10.1. The van der Waals surface area contributed by atoms with Crippen LogP contribution in [-0.2, 0) is 40.8 Å². The lowest BCUT2D eigenvalue weighted by atomic mass is 10.0. The molecule has 3 atom stereocenters. The summed E-state index contributed by atoms with van der Waals surface area (Å²) in [6.07, 6.45) is 0.257. The molecule has 0 bridgehead atoms. The van der Waals surface area contributed by atoms with Gasteiger partial charge in [0.25, 0.3) is 17.9 Å². The topological polar surface area (TPSA) is 172 Å². The summed E-state index contributed by atoms with van der Waals surface area (Å²) in [6.45, 7) is -0.993. The van der Waals surface area contributed by atoms with Crippen LogP contribution in [0.25, 0.3) is 38.9 Å². The van der Waals surface area contributed by atoms with Gasteiger partial charge in [-0.15, -0.1) is 0 Å². The van der Waals surface area contributed by atoms with Crippen molar-refractivity contribution < 1.29 is 39.6 Å². The first-order valence-electron chi connectivity index (χ1n) is 18.4. The molecule has 1 amide bonds. The normalized spacial score (nSPS) is 17.1. The van der Waals surface area contributed by atoms with Gasteiger partial charge in [-0.05, 0) is 66.4 Å². The molecule has 5 aromatic heterocycles. The van der Waals surface area contributed by atoms with Crippen LogP contribution in [0, 0.1) is 17.6 Å². The molecule has 1 fully saturated rings. The standard InChI is InChI=1S/C39H29ClF6N10O4S/c1-54-32-27(8-6-24(40)30(32)36(52-54)53-61(2,59)60)56-37(50-35-21(38(56)58)5-7-25(49-35)18-4-3-9-47-15-18)26(12-17-10-19(41)13-20(42)11-17)48-28(57)16-55-33-29(31(51-55)34(43)44)22-14-23(22)39(33,45)46/h3-11,13,15,22-23,26,34H,12,14,16H2,1-2H3,(H,48,57)(H,52,53)/t22-,23+,26-/m0/s1. The molecule has 2 aliphatic rings. The first-order valence-corrected chi connectivity index (χ1v) is 20.7.